The Morgan fingerprint density at radius 2 is 1.83 bits per heavy atom. The molecule has 0 spiro atoms. The van der Waals surface area contributed by atoms with Gasteiger partial charge in [0.25, 0.3) is 5.91 Å². The van der Waals surface area contributed by atoms with Crippen molar-refractivity contribution in [1.82, 2.24) is 19.6 Å². The van der Waals surface area contributed by atoms with E-state index >= 15 is 0 Å². The summed E-state index contributed by atoms with van der Waals surface area (Å²) in [5.41, 5.74) is 1.46. The van der Waals surface area contributed by atoms with E-state index in [0.29, 0.717) is 29.6 Å². The van der Waals surface area contributed by atoms with Gasteiger partial charge in [-0.1, -0.05) is 29.8 Å². The van der Waals surface area contributed by atoms with Crippen LogP contribution in [0, 0.1) is 5.82 Å². The van der Waals surface area contributed by atoms with E-state index in [1.165, 1.54) is 12.1 Å². The smallest absolute Gasteiger partial charge is 0.274 e. The maximum absolute atomic E-state index is 13.0. The number of hydrogen-bond donors (Lipinski definition) is 0. The summed E-state index contributed by atoms with van der Waals surface area (Å²) in [4.78, 5) is 16.8. The Hall–Kier alpha value is -2.90. The van der Waals surface area contributed by atoms with E-state index in [1.807, 2.05) is 17.0 Å². The average molecular weight is 429 g/mol. The van der Waals surface area contributed by atoms with Crippen LogP contribution in [0.25, 0.3) is 0 Å². The number of benzene rings is 2. The summed E-state index contributed by atoms with van der Waals surface area (Å²) in [7, 11) is 0. The molecule has 6 nitrogen and oxygen atoms in total. The molecule has 1 aliphatic heterocycles. The first-order valence-corrected chi connectivity index (χ1v) is 10.1. The van der Waals surface area contributed by atoms with Gasteiger partial charge in [-0.3, -0.25) is 9.69 Å². The number of halogens is 2. The predicted molar refractivity (Wildman–Crippen MR) is 112 cm³/mol. The number of rotatable bonds is 6. The zero-order valence-corrected chi connectivity index (χ0v) is 17.1. The van der Waals surface area contributed by atoms with Gasteiger partial charge in [-0.2, -0.15) is 5.10 Å². The van der Waals surface area contributed by atoms with Crippen molar-refractivity contribution in [1.29, 1.82) is 0 Å². The summed E-state index contributed by atoms with van der Waals surface area (Å²) in [5, 5.41) is 4.94. The van der Waals surface area contributed by atoms with E-state index in [0.717, 1.165) is 25.2 Å². The fourth-order valence-electron chi connectivity index (χ4n) is 3.36. The molecule has 1 aliphatic rings. The highest BCUT2D eigenvalue weighted by Gasteiger charge is 2.23. The summed E-state index contributed by atoms with van der Waals surface area (Å²) in [6.07, 6.45) is 1.72. The van der Waals surface area contributed by atoms with Crippen LogP contribution in [-0.2, 0) is 13.3 Å². The van der Waals surface area contributed by atoms with Crippen LogP contribution < -0.4 is 4.74 Å². The molecule has 1 amide bonds. The molecule has 1 aromatic heterocycles. The number of carbonyl (C=O) groups excluding carboxylic acids is 1. The molecule has 2 heterocycles. The molecule has 0 atom stereocenters. The number of amides is 1. The first-order valence-electron chi connectivity index (χ1n) is 9.75. The summed E-state index contributed by atoms with van der Waals surface area (Å²) in [6, 6.07) is 15.4. The van der Waals surface area contributed by atoms with Crippen molar-refractivity contribution in [2.75, 3.05) is 26.2 Å². The Morgan fingerprint density at radius 3 is 2.57 bits per heavy atom. The van der Waals surface area contributed by atoms with Crippen molar-refractivity contribution in [3.63, 3.8) is 0 Å². The average Bonchev–Trinajstić information content (AvgIpc) is 3.23. The molecule has 4 rings (SSSR count). The summed E-state index contributed by atoms with van der Waals surface area (Å²) >= 11 is 5.95. The normalized spacial score (nSPS) is 14.7. The molecule has 2 aromatic carbocycles. The van der Waals surface area contributed by atoms with Crippen LogP contribution in [0.4, 0.5) is 4.39 Å². The lowest BCUT2D eigenvalue weighted by Gasteiger charge is -2.34. The highest BCUT2D eigenvalue weighted by atomic mass is 35.5. The van der Waals surface area contributed by atoms with Crippen LogP contribution in [0.3, 0.4) is 0 Å². The lowest BCUT2D eigenvalue weighted by molar-refractivity contribution is 0.0621. The van der Waals surface area contributed by atoms with Gasteiger partial charge in [-0.15, -0.1) is 0 Å². The number of hydrogen-bond acceptors (Lipinski definition) is 4. The second kappa shape index (κ2) is 9.28. The molecule has 1 fully saturated rings. The predicted octanol–water partition coefficient (Wildman–Crippen LogP) is 3.67. The van der Waals surface area contributed by atoms with Gasteiger partial charge in [0.05, 0.1) is 0 Å². The Balaban J connectivity index is 1.27. The Morgan fingerprint density at radius 1 is 1.07 bits per heavy atom. The van der Waals surface area contributed by atoms with Gasteiger partial charge in [0.15, 0.2) is 12.4 Å². The van der Waals surface area contributed by atoms with E-state index < -0.39 is 0 Å². The molecule has 0 bridgehead atoms. The van der Waals surface area contributed by atoms with E-state index in [2.05, 4.69) is 10.00 Å². The maximum atomic E-state index is 13.0. The van der Waals surface area contributed by atoms with Crippen molar-refractivity contribution in [2.45, 2.75) is 13.3 Å². The molecular formula is C22H22ClFN4O2. The zero-order chi connectivity index (χ0) is 20.9. The first-order chi connectivity index (χ1) is 14.6. The van der Waals surface area contributed by atoms with Gasteiger partial charge in [0.2, 0.25) is 0 Å². The summed E-state index contributed by atoms with van der Waals surface area (Å²) in [6.45, 7) is 3.73. The Bertz CT molecular complexity index is 1000. The third-order valence-electron chi connectivity index (χ3n) is 5.00. The minimum Gasteiger partial charge on any atom is -0.471 e. The molecule has 3 aromatic rings. The standard InChI is InChI=1S/C22H22ClFN4O2/c23-18-2-1-3-20(14-18)30-16-28-9-8-21(25-28)22(29)27-12-10-26(11-13-27)15-17-4-6-19(24)7-5-17/h1-9,14H,10-13,15-16H2. The Labute approximate surface area is 179 Å². The molecule has 0 N–H and O–H groups in total. The van der Waals surface area contributed by atoms with Crippen LogP contribution in [0.2, 0.25) is 5.02 Å². The fourth-order valence-corrected chi connectivity index (χ4v) is 3.54. The van der Waals surface area contributed by atoms with Gasteiger partial charge >= 0.3 is 0 Å². The number of carbonyl (C=O) groups is 1. The summed E-state index contributed by atoms with van der Waals surface area (Å²) in [5.74, 6) is 0.327. The third-order valence-corrected chi connectivity index (χ3v) is 5.23. The van der Waals surface area contributed by atoms with Crippen molar-refractivity contribution in [3.05, 3.63) is 82.9 Å². The fraction of sp³-hybridized carbons (Fsp3) is 0.273. The quantitative estimate of drug-likeness (QED) is 0.601. The monoisotopic (exact) mass is 428 g/mol. The molecule has 0 aliphatic carbocycles. The highest BCUT2D eigenvalue weighted by Crippen LogP contribution is 2.17. The van der Waals surface area contributed by atoms with Crippen molar-refractivity contribution >= 4 is 17.5 Å². The van der Waals surface area contributed by atoms with Crippen LogP contribution in [0.15, 0.2) is 60.8 Å². The number of aromatic nitrogens is 2. The van der Waals surface area contributed by atoms with Gasteiger partial charge in [0, 0.05) is 43.9 Å². The second-order valence-corrected chi connectivity index (χ2v) is 7.60. The van der Waals surface area contributed by atoms with Gasteiger partial charge < -0.3 is 9.64 Å². The minimum atomic E-state index is -0.230. The summed E-state index contributed by atoms with van der Waals surface area (Å²) < 4.78 is 20.3. The molecule has 1 saturated heterocycles. The van der Waals surface area contributed by atoms with Crippen LogP contribution in [0.5, 0.6) is 5.75 Å². The van der Waals surface area contributed by atoms with E-state index in [-0.39, 0.29) is 18.5 Å². The molecule has 0 radical (unpaired) electrons. The Kier molecular flexibility index (Phi) is 6.30. The molecule has 156 valence electrons. The van der Waals surface area contributed by atoms with Gasteiger partial charge in [-0.25, -0.2) is 9.07 Å². The van der Waals surface area contributed by atoms with Crippen molar-refractivity contribution < 1.29 is 13.9 Å². The lowest BCUT2D eigenvalue weighted by Crippen LogP contribution is -2.48. The SMILES string of the molecule is O=C(c1ccn(COc2cccc(Cl)c2)n1)N1CCN(Cc2ccc(F)cc2)CC1. The lowest BCUT2D eigenvalue weighted by atomic mass is 10.2. The molecular weight excluding hydrogens is 407 g/mol. The van der Waals surface area contributed by atoms with E-state index in [4.69, 9.17) is 16.3 Å². The molecule has 0 saturated carbocycles. The number of nitrogens with zero attached hydrogens (tertiary/aromatic N) is 4. The molecule has 0 unspecified atom stereocenters. The molecule has 30 heavy (non-hydrogen) atoms. The minimum absolute atomic E-state index is 0.0852. The van der Waals surface area contributed by atoms with E-state index in [9.17, 15) is 9.18 Å². The largest absolute Gasteiger partial charge is 0.471 e. The van der Waals surface area contributed by atoms with Crippen molar-refractivity contribution in [2.24, 2.45) is 0 Å². The van der Waals surface area contributed by atoms with Gasteiger partial charge in [0.1, 0.15) is 11.6 Å². The topological polar surface area (TPSA) is 50.6 Å². The van der Waals surface area contributed by atoms with Crippen LogP contribution in [-0.4, -0.2) is 51.7 Å². The first kappa shape index (κ1) is 20.4. The van der Waals surface area contributed by atoms with Crippen molar-refractivity contribution in [3.8, 4) is 5.75 Å². The van der Waals surface area contributed by atoms with Crippen LogP contribution >= 0.6 is 11.6 Å². The van der Waals surface area contributed by atoms with Gasteiger partial charge in [-0.05, 0) is 42.0 Å². The number of piperazine rings is 1. The zero-order valence-electron chi connectivity index (χ0n) is 16.4. The van der Waals surface area contributed by atoms with Crippen LogP contribution in [0.1, 0.15) is 16.1 Å². The number of ether oxygens (including phenoxy) is 1. The maximum Gasteiger partial charge on any atom is 0.274 e. The molecule has 8 heteroatoms. The second-order valence-electron chi connectivity index (χ2n) is 7.17. The highest BCUT2D eigenvalue weighted by molar-refractivity contribution is 6.30. The van der Waals surface area contributed by atoms with E-state index in [1.54, 1.807) is 41.2 Å². The third kappa shape index (κ3) is 5.17.